The molecule has 1 fully saturated rings. The molecular formula is C12H20N6O. The van der Waals surface area contributed by atoms with E-state index < -0.39 is 0 Å². The number of carbonyl (C=O) groups is 1. The minimum absolute atomic E-state index is 0.189. The second-order valence-corrected chi connectivity index (χ2v) is 4.68. The largest absolute Gasteiger partial charge is 0.370 e. The van der Waals surface area contributed by atoms with Crippen LogP contribution in [0.1, 0.15) is 19.8 Å². The maximum atomic E-state index is 11.4. The normalized spacial score (nSPS) is 19.4. The summed E-state index contributed by atoms with van der Waals surface area (Å²) in [5.41, 5.74) is 5.68. The van der Waals surface area contributed by atoms with Crippen molar-refractivity contribution in [2.45, 2.75) is 25.8 Å². The highest BCUT2D eigenvalue weighted by Gasteiger charge is 2.23. The van der Waals surface area contributed by atoms with Gasteiger partial charge in [-0.1, -0.05) is 0 Å². The number of anilines is 3. The number of aromatic nitrogens is 2. The molecule has 0 saturated carbocycles. The van der Waals surface area contributed by atoms with Crippen molar-refractivity contribution in [1.29, 1.82) is 0 Å². The molecule has 104 valence electrons. The first-order chi connectivity index (χ1) is 9.08. The molecule has 1 aliphatic rings. The molecule has 1 amide bonds. The zero-order valence-corrected chi connectivity index (χ0v) is 11.3. The number of likely N-dealkylation sites (tertiary alicyclic amines) is 1. The number of nitrogens with one attached hydrogen (secondary N) is 2. The van der Waals surface area contributed by atoms with Crippen molar-refractivity contribution in [1.82, 2.24) is 14.9 Å². The molecule has 1 unspecified atom stereocenters. The Bertz CT molecular complexity index is 464. The summed E-state index contributed by atoms with van der Waals surface area (Å²) in [5, 5.41) is 6.41. The smallest absolute Gasteiger partial charge is 0.223 e. The van der Waals surface area contributed by atoms with Gasteiger partial charge in [-0.15, -0.1) is 0 Å². The Morgan fingerprint density at radius 2 is 2.21 bits per heavy atom. The third kappa shape index (κ3) is 3.46. The van der Waals surface area contributed by atoms with E-state index in [9.17, 15) is 4.79 Å². The molecule has 2 rings (SSSR count). The Kier molecular flexibility index (Phi) is 4.03. The fraction of sp³-hybridized carbons (Fsp3) is 0.583. The molecular weight excluding hydrogens is 244 g/mol. The first-order valence-corrected chi connectivity index (χ1v) is 6.47. The van der Waals surface area contributed by atoms with Gasteiger partial charge in [0.25, 0.3) is 0 Å². The summed E-state index contributed by atoms with van der Waals surface area (Å²) >= 11 is 0. The Morgan fingerprint density at radius 3 is 2.89 bits per heavy atom. The summed E-state index contributed by atoms with van der Waals surface area (Å²) < 4.78 is 0. The van der Waals surface area contributed by atoms with Gasteiger partial charge < -0.3 is 21.3 Å². The van der Waals surface area contributed by atoms with Gasteiger partial charge in [-0.05, 0) is 13.3 Å². The van der Waals surface area contributed by atoms with Gasteiger partial charge in [-0.3, -0.25) is 4.79 Å². The quantitative estimate of drug-likeness (QED) is 0.734. The minimum Gasteiger partial charge on any atom is -0.370 e. The second-order valence-electron chi connectivity index (χ2n) is 4.68. The maximum Gasteiger partial charge on any atom is 0.223 e. The average molecular weight is 264 g/mol. The molecule has 0 bridgehead atoms. The standard InChI is InChI=1S/C12H20N6O/c1-3-14-9-6-10(17-12(13)16-9)15-8-4-5-11(19)18(2)7-8/h6,8H,3-5,7H2,1-2H3,(H4,13,14,15,16,17). The molecule has 0 aliphatic carbocycles. The summed E-state index contributed by atoms with van der Waals surface area (Å²) in [4.78, 5) is 21.4. The minimum atomic E-state index is 0.189. The average Bonchev–Trinajstić information content (AvgIpc) is 2.33. The SMILES string of the molecule is CCNc1cc(NC2CCC(=O)N(C)C2)nc(N)n1. The molecule has 0 aromatic carbocycles. The molecule has 1 atom stereocenters. The summed E-state index contributed by atoms with van der Waals surface area (Å²) in [6.45, 7) is 3.45. The van der Waals surface area contributed by atoms with Crippen LogP contribution in [-0.2, 0) is 4.79 Å². The topological polar surface area (TPSA) is 96.2 Å². The van der Waals surface area contributed by atoms with Crippen LogP contribution in [0.2, 0.25) is 0 Å². The van der Waals surface area contributed by atoms with E-state index in [1.807, 2.05) is 20.0 Å². The van der Waals surface area contributed by atoms with E-state index in [0.717, 1.165) is 13.0 Å². The highest BCUT2D eigenvalue weighted by Crippen LogP contribution is 2.17. The molecule has 19 heavy (non-hydrogen) atoms. The van der Waals surface area contributed by atoms with Crippen LogP contribution < -0.4 is 16.4 Å². The molecule has 4 N–H and O–H groups in total. The van der Waals surface area contributed by atoms with Gasteiger partial charge in [0.2, 0.25) is 11.9 Å². The highest BCUT2D eigenvalue weighted by atomic mass is 16.2. The van der Waals surface area contributed by atoms with Crippen molar-refractivity contribution in [2.24, 2.45) is 0 Å². The number of hydrogen-bond donors (Lipinski definition) is 3. The van der Waals surface area contributed by atoms with Crippen molar-refractivity contribution in [3.63, 3.8) is 0 Å². The van der Waals surface area contributed by atoms with Crippen molar-refractivity contribution in [2.75, 3.05) is 36.5 Å². The van der Waals surface area contributed by atoms with Gasteiger partial charge in [0, 0.05) is 38.7 Å². The number of carbonyl (C=O) groups excluding carboxylic acids is 1. The number of amides is 1. The second kappa shape index (κ2) is 5.73. The van der Waals surface area contributed by atoms with Crippen molar-refractivity contribution >= 4 is 23.5 Å². The van der Waals surface area contributed by atoms with Gasteiger partial charge >= 0.3 is 0 Å². The van der Waals surface area contributed by atoms with Crippen LogP contribution in [0.15, 0.2) is 6.07 Å². The predicted octanol–water partition coefficient (Wildman–Crippen LogP) is 0.523. The Morgan fingerprint density at radius 1 is 1.47 bits per heavy atom. The highest BCUT2D eigenvalue weighted by molar-refractivity contribution is 5.77. The van der Waals surface area contributed by atoms with E-state index in [0.29, 0.717) is 24.6 Å². The number of nitrogen functional groups attached to an aromatic ring is 1. The molecule has 2 heterocycles. The fourth-order valence-electron chi connectivity index (χ4n) is 2.15. The third-order valence-corrected chi connectivity index (χ3v) is 3.08. The summed E-state index contributed by atoms with van der Waals surface area (Å²) in [6, 6.07) is 2.03. The summed E-state index contributed by atoms with van der Waals surface area (Å²) in [6.07, 6.45) is 1.37. The Balaban J connectivity index is 2.04. The monoisotopic (exact) mass is 264 g/mol. The van der Waals surface area contributed by atoms with Gasteiger partial charge in [-0.2, -0.15) is 9.97 Å². The molecule has 0 radical (unpaired) electrons. The number of nitrogens with zero attached hydrogens (tertiary/aromatic N) is 3. The first-order valence-electron chi connectivity index (χ1n) is 6.47. The van der Waals surface area contributed by atoms with Crippen LogP contribution in [0.4, 0.5) is 17.6 Å². The number of piperidine rings is 1. The van der Waals surface area contributed by atoms with E-state index in [1.165, 1.54) is 0 Å². The zero-order valence-electron chi connectivity index (χ0n) is 11.3. The van der Waals surface area contributed by atoms with Crippen LogP contribution in [0.3, 0.4) is 0 Å². The number of likely N-dealkylation sites (N-methyl/N-ethyl adjacent to an activating group) is 1. The number of rotatable bonds is 4. The Labute approximate surface area is 112 Å². The lowest BCUT2D eigenvalue weighted by atomic mass is 10.1. The molecule has 1 aromatic heterocycles. The zero-order chi connectivity index (χ0) is 13.8. The Hall–Kier alpha value is -2.05. The van der Waals surface area contributed by atoms with Crippen LogP contribution in [0.25, 0.3) is 0 Å². The fourth-order valence-corrected chi connectivity index (χ4v) is 2.15. The summed E-state index contributed by atoms with van der Waals surface area (Å²) in [7, 11) is 1.81. The lowest BCUT2D eigenvalue weighted by Crippen LogP contribution is -2.43. The van der Waals surface area contributed by atoms with Crippen LogP contribution in [0.5, 0.6) is 0 Å². The molecule has 0 spiro atoms. The van der Waals surface area contributed by atoms with E-state index in [-0.39, 0.29) is 17.9 Å². The van der Waals surface area contributed by atoms with E-state index in [1.54, 1.807) is 4.90 Å². The van der Waals surface area contributed by atoms with Gasteiger partial charge in [0.15, 0.2) is 0 Å². The molecule has 1 saturated heterocycles. The molecule has 1 aromatic rings. The lowest BCUT2D eigenvalue weighted by Gasteiger charge is -2.30. The molecule has 1 aliphatic heterocycles. The van der Waals surface area contributed by atoms with Crippen molar-refractivity contribution in [3.05, 3.63) is 6.07 Å². The van der Waals surface area contributed by atoms with Crippen molar-refractivity contribution < 1.29 is 4.79 Å². The first kappa shape index (κ1) is 13.4. The van der Waals surface area contributed by atoms with E-state index in [4.69, 9.17) is 5.73 Å². The number of nitrogens with two attached hydrogens (primary N) is 1. The molecule has 7 heteroatoms. The molecule has 7 nitrogen and oxygen atoms in total. The van der Waals surface area contributed by atoms with E-state index >= 15 is 0 Å². The van der Waals surface area contributed by atoms with E-state index in [2.05, 4.69) is 20.6 Å². The van der Waals surface area contributed by atoms with Gasteiger partial charge in [0.05, 0.1) is 0 Å². The lowest BCUT2D eigenvalue weighted by molar-refractivity contribution is -0.132. The van der Waals surface area contributed by atoms with Gasteiger partial charge in [-0.25, -0.2) is 0 Å². The predicted molar refractivity (Wildman–Crippen MR) is 74.9 cm³/mol. The van der Waals surface area contributed by atoms with Crippen LogP contribution >= 0.6 is 0 Å². The number of hydrogen-bond acceptors (Lipinski definition) is 6. The summed E-state index contributed by atoms with van der Waals surface area (Å²) in [5.74, 6) is 1.82. The maximum absolute atomic E-state index is 11.4. The van der Waals surface area contributed by atoms with Crippen LogP contribution in [-0.4, -0.2) is 47.0 Å². The van der Waals surface area contributed by atoms with Gasteiger partial charge in [0.1, 0.15) is 11.6 Å². The third-order valence-electron chi connectivity index (χ3n) is 3.08. The van der Waals surface area contributed by atoms with Crippen LogP contribution in [0, 0.1) is 0 Å². The van der Waals surface area contributed by atoms with Crippen molar-refractivity contribution in [3.8, 4) is 0 Å².